The maximum absolute atomic E-state index is 10.2. The first-order valence-corrected chi connectivity index (χ1v) is 8.14. The van der Waals surface area contributed by atoms with Crippen molar-refractivity contribution in [3.8, 4) is 17.2 Å². The van der Waals surface area contributed by atoms with E-state index in [1.54, 1.807) is 37.4 Å². The van der Waals surface area contributed by atoms with E-state index in [4.69, 9.17) is 14.2 Å². The summed E-state index contributed by atoms with van der Waals surface area (Å²) in [4.78, 5) is 10.2. The van der Waals surface area contributed by atoms with Gasteiger partial charge in [-0.25, -0.2) is 0 Å². The SMILES string of the molecule is COc1ccc(C([AsH2])c2ccc(OC[C]=O)cc2)c(OC)c1. The molecule has 0 aliphatic heterocycles. The van der Waals surface area contributed by atoms with Crippen LogP contribution in [0.3, 0.4) is 0 Å². The molecular formula is C17H18AsO4. The normalized spacial score (nSPS) is 11.6. The number of hydrogen-bond acceptors (Lipinski definition) is 4. The van der Waals surface area contributed by atoms with Crippen LogP contribution in [-0.4, -0.2) is 44.0 Å². The average molecular weight is 361 g/mol. The summed E-state index contributed by atoms with van der Waals surface area (Å²) in [6, 6.07) is 13.5. The van der Waals surface area contributed by atoms with Crippen LogP contribution >= 0.6 is 0 Å². The van der Waals surface area contributed by atoms with Crippen molar-refractivity contribution in [2.24, 2.45) is 0 Å². The van der Waals surface area contributed by atoms with Crippen LogP contribution in [0.5, 0.6) is 17.2 Å². The molecule has 0 saturated carbocycles. The van der Waals surface area contributed by atoms with E-state index in [2.05, 4.69) is 0 Å². The molecule has 0 saturated heterocycles. The van der Waals surface area contributed by atoms with E-state index in [-0.39, 0.29) is 11.3 Å². The Morgan fingerprint density at radius 1 is 1.05 bits per heavy atom. The standard InChI is InChI=1S/C17H18AsO4/c1-20-14-7-8-15(16(11-14)21-2)17(18)12-3-5-13(6-4-12)22-10-9-19/h3-8,11,17H,10,18H2,1-2H3. The van der Waals surface area contributed by atoms with Crippen LogP contribution in [0, 0.1) is 0 Å². The Balaban J connectivity index is 2.23. The van der Waals surface area contributed by atoms with Crippen LogP contribution in [0.15, 0.2) is 42.5 Å². The Morgan fingerprint density at radius 3 is 2.32 bits per heavy atom. The molecule has 5 heteroatoms. The van der Waals surface area contributed by atoms with Gasteiger partial charge in [-0.05, 0) is 0 Å². The molecule has 4 nitrogen and oxygen atoms in total. The summed E-state index contributed by atoms with van der Waals surface area (Å²) >= 11 is 1.59. The molecule has 1 radical (unpaired) electrons. The van der Waals surface area contributed by atoms with Crippen molar-refractivity contribution >= 4 is 23.1 Å². The molecule has 0 aliphatic carbocycles. The van der Waals surface area contributed by atoms with Gasteiger partial charge in [0, 0.05) is 0 Å². The van der Waals surface area contributed by atoms with E-state index in [1.165, 1.54) is 0 Å². The van der Waals surface area contributed by atoms with E-state index in [9.17, 15) is 4.79 Å². The predicted octanol–water partition coefficient (Wildman–Crippen LogP) is 1.91. The third-order valence-corrected chi connectivity index (χ3v) is 4.87. The van der Waals surface area contributed by atoms with Gasteiger partial charge in [-0.15, -0.1) is 0 Å². The van der Waals surface area contributed by atoms with Gasteiger partial charge in [0.15, 0.2) is 0 Å². The zero-order valence-electron chi connectivity index (χ0n) is 12.5. The third kappa shape index (κ3) is 3.83. The van der Waals surface area contributed by atoms with Crippen LogP contribution in [0.25, 0.3) is 0 Å². The van der Waals surface area contributed by atoms with Gasteiger partial charge in [-0.1, -0.05) is 0 Å². The van der Waals surface area contributed by atoms with Crippen molar-refractivity contribution in [2.75, 3.05) is 20.8 Å². The molecule has 0 spiro atoms. The predicted molar refractivity (Wildman–Crippen MR) is 87.6 cm³/mol. The van der Waals surface area contributed by atoms with E-state index >= 15 is 0 Å². The summed E-state index contributed by atoms with van der Waals surface area (Å²) in [5, 5.41) is 0. The molecule has 115 valence electrons. The Labute approximate surface area is 138 Å². The fraction of sp³-hybridized carbons (Fsp3) is 0.235. The quantitative estimate of drug-likeness (QED) is 0.707. The van der Waals surface area contributed by atoms with Crippen molar-refractivity contribution in [3.63, 3.8) is 0 Å². The van der Waals surface area contributed by atoms with Crippen LogP contribution in [0.2, 0.25) is 0 Å². The van der Waals surface area contributed by atoms with Gasteiger partial charge in [0.1, 0.15) is 0 Å². The van der Waals surface area contributed by atoms with Crippen LogP contribution in [0.4, 0.5) is 0 Å². The zero-order valence-corrected chi connectivity index (χ0v) is 15.0. The second kappa shape index (κ2) is 7.90. The zero-order chi connectivity index (χ0) is 15.9. The summed E-state index contributed by atoms with van der Waals surface area (Å²) in [5.74, 6) is 2.24. The molecule has 2 atom stereocenters. The van der Waals surface area contributed by atoms with Crippen LogP contribution in [0.1, 0.15) is 15.8 Å². The summed E-state index contributed by atoms with van der Waals surface area (Å²) in [5.41, 5.74) is 2.27. The summed E-state index contributed by atoms with van der Waals surface area (Å²) in [6.07, 6.45) is 1.71. The first kappa shape index (κ1) is 16.4. The second-order valence-corrected chi connectivity index (χ2v) is 5.99. The molecule has 0 bridgehead atoms. The first-order valence-electron chi connectivity index (χ1n) is 6.75. The fourth-order valence-electron chi connectivity index (χ4n) is 2.14. The summed E-state index contributed by atoms with van der Waals surface area (Å²) in [7, 11) is 3.29. The Bertz CT molecular complexity index is 625. The minimum absolute atomic E-state index is 0.0505. The van der Waals surface area contributed by atoms with Crippen LogP contribution < -0.4 is 14.2 Å². The van der Waals surface area contributed by atoms with Crippen LogP contribution in [-0.2, 0) is 4.79 Å². The first-order chi connectivity index (χ1) is 10.7. The maximum atomic E-state index is 10.2. The third-order valence-electron chi connectivity index (χ3n) is 3.31. The van der Waals surface area contributed by atoms with Crippen molar-refractivity contribution in [3.05, 3.63) is 53.6 Å². The number of rotatable bonds is 7. The van der Waals surface area contributed by atoms with E-state index in [0.717, 1.165) is 22.6 Å². The minimum atomic E-state index is -0.0505. The fourth-order valence-corrected chi connectivity index (χ4v) is 3.18. The molecule has 0 fully saturated rings. The molecule has 22 heavy (non-hydrogen) atoms. The summed E-state index contributed by atoms with van der Waals surface area (Å²) in [6.45, 7) is -0.0505. The van der Waals surface area contributed by atoms with E-state index in [0.29, 0.717) is 5.75 Å². The molecule has 2 aromatic rings. The van der Waals surface area contributed by atoms with Gasteiger partial charge >= 0.3 is 139 Å². The van der Waals surface area contributed by atoms with Gasteiger partial charge in [0.2, 0.25) is 0 Å². The number of carbonyl (C=O) groups excluding carboxylic acids is 1. The van der Waals surface area contributed by atoms with Crippen molar-refractivity contribution in [1.29, 1.82) is 0 Å². The Kier molecular flexibility index (Phi) is 5.90. The van der Waals surface area contributed by atoms with Gasteiger partial charge in [0.25, 0.3) is 0 Å². The number of ether oxygens (including phenoxy) is 3. The van der Waals surface area contributed by atoms with Crippen molar-refractivity contribution in [2.45, 2.75) is 4.71 Å². The molecule has 2 aromatic carbocycles. The molecule has 0 amide bonds. The molecule has 0 heterocycles. The molecule has 0 N–H and O–H groups in total. The number of methoxy groups -OCH3 is 2. The average Bonchev–Trinajstić information content (AvgIpc) is 2.59. The van der Waals surface area contributed by atoms with E-state index in [1.807, 2.05) is 42.5 Å². The monoisotopic (exact) mass is 361 g/mol. The van der Waals surface area contributed by atoms with Gasteiger partial charge in [-0.2, -0.15) is 0 Å². The number of benzene rings is 2. The van der Waals surface area contributed by atoms with Crippen molar-refractivity contribution in [1.82, 2.24) is 0 Å². The van der Waals surface area contributed by atoms with Crippen molar-refractivity contribution < 1.29 is 19.0 Å². The van der Waals surface area contributed by atoms with Gasteiger partial charge in [-0.3, -0.25) is 0 Å². The number of hydrogen-bond donors (Lipinski definition) is 0. The second-order valence-electron chi connectivity index (χ2n) is 4.59. The molecule has 2 rings (SSSR count). The Morgan fingerprint density at radius 2 is 1.73 bits per heavy atom. The molecule has 0 aliphatic rings. The molecule has 0 aromatic heterocycles. The Hall–Kier alpha value is -1.93. The van der Waals surface area contributed by atoms with Gasteiger partial charge in [0.05, 0.1) is 0 Å². The summed E-state index contributed by atoms with van der Waals surface area (Å²) < 4.78 is 16.1. The molecule has 2 unspecified atom stereocenters. The topological polar surface area (TPSA) is 44.8 Å². The van der Waals surface area contributed by atoms with E-state index < -0.39 is 0 Å². The molecular weight excluding hydrogens is 343 g/mol. The van der Waals surface area contributed by atoms with Gasteiger partial charge < -0.3 is 0 Å².